The van der Waals surface area contributed by atoms with Gasteiger partial charge in [0.1, 0.15) is 18.2 Å². The van der Waals surface area contributed by atoms with Crippen molar-refractivity contribution in [1.29, 1.82) is 0 Å². The van der Waals surface area contributed by atoms with Crippen LogP contribution in [0.5, 0.6) is 0 Å². The number of hydrogen-bond acceptors (Lipinski definition) is 5. The lowest BCUT2D eigenvalue weighted by Crippen LogP contribution is -2.14. The predicted octanol–water partition coefficient (Wildman–Crippen LogP) is 4.79. The molecule has 0 aliphatic carbocycles. The van der Waals surface area contributed by atoms with Crippen LogP contribution in [-0.4, -0.2) is 20.7 Å². The summed E-state index contributed by atoms with van der Waals surface area (Å²) in [5.41, 5.74) is 2.34. The van der Waals surface area contributed by atoms with Gasteiger partial charge in [0.15, 0.2) is 0 Å². The van der Waals surface area contributed by atoms with Gasteiger partial charge < -0.3 is 14.5 Å². The number of benzene rings is 2. The van der Waals surface area contributed by atoms with Crippen molar-refractivity contribution in [3.8, 4) is 5.69 Å². The van der Waals surface area contributed by atoms with Gasteiger partial charge in [-0.3, -0.25) is 4.79 Å². The van der Waals surface area contributed by atoms with Crippen LogP contribution in [0.2, 0.25) is 5.02 Å². The van der Waals surface area contributed by atoms with Gasteiger partial charge in [-0.25, -0.2) is 9.67 Å². The highest BCUT2D eigenvalue weighted by molar-refractivity contribution is 6.30. The van der Waals surface area contributed by atoms with Crippen LogP contribution in [0.15, 0.2) is 71.3 Å². The summed E-state index contributed by atoms with van der Waals surface area (Å²) in [4.78, 5) is 16.9. The van der Waals surface area contributed by atoms with E-state index in [0.717, 1.165) is 17.0 Å². The first-order valence-corrected chi connectivity index (χ1v) is 9.66. The number of anilines is 1. The van der Waals surface area contributed by atoms with Crippen LogP contribution in [-0.2, 0) is 18.0 Å². The quantitative estimate of drug-likeness (QED) is 0.463. The first-order chi connectivity index (χ1) is 14.6. The van der Waals surface area contributed by atoms with Gasteiger partial charge in [0.2, 0.25) is 5.82 Å². The number of rotatable bonds is 7. The minimum absolute atomic E-state index is 0.0851. The molecule has 0 aliphatic rings. The molecule has 0 bridgehead atoms. The maximum atomic E-state index is 12.6. The second-order valence-corrected chi connectivity index (χ2v) is 7.03. The molecule has 1 N–H and O–H groups in total. The molecule has 0 spiro atoms. The molecule has 0 saturated carbocycles. The van der Waals surface area contributed by atoms with Crippen LogP contribution in [0, 0.1) is 6.92 Å². The maximum Gasteiger partial charge on any atom is 0.295 e. The highest BCUT2D eigenvalue weighted by Crippen LogP contribution is 2.16. The van der Waals surface area contributed by atoms with E-state index in [0.29, 0.717) is 29.7 Å². The number of hydrogen-bond donors (Lipinski definition) is 1. The molecule has 0 atom stereocenters. The van der Waals surface area contributed by atoms with Crippen LogP contribution in [0.25, 0.3) is 5.69 Å². The molecule has 2 aromatic carbocycles. The number of carbonyl (C=O) groups is 1. The fourth-order valence-corrected chi connectivity index (χ4v) is 3.03. The molecule has 7 nitrogen and oxygen atoms in total. The number of furan rings is 1. The summed E-state index contributed by atoms with van der Waals surface area (Å²) >= 11 is 5.93. The summed E-state index contributed by atoms with van der Waals surface area (Å²) in [5, 5.41) is 7.78. The lowest BCUT2D eigenvalue weighted by atomic mass is 10.2. The summed E-state index contributed by atoms with van der Waals surface area (Å²) in [6.45, 7) is 2.57. The molecule has 2 aromatic heterocycles. The smallest absolute Gasteiger partial charge is 0.295 e. The third kappa shape index (κ3) is 4.76. The second kappa shape index (κ2) is 8.94. The Morgan fingerprint density at radius 2 is 1.97 bits per heavy atom. The fraction of sp³-hybridized carbons (Fsp3) is 0.136. The van der Waals surface area contributed by atoms with E-state index in [4.69, 9.17) is 20.8 Å². The number of nitrogens with one attached hydrogen (secondary N) is 1. The monoisotopic (exact) mass is 422 g/mol. The molecule has 2 heterocycles. The zero-order valence-electron chi connectivity index (χ0n) is 16.2. The predicted molar refractivity (Wildman–Crippen MR) is 113 cm³/mol. The van der Waals surface area contributed by atoms with Crippen LogP contribution < -0.4 is 5.32 Å². The lowest BCUT2D eigenvalue weighted by Gasteiger charge is -2.07. The average molecular weight is 423 g/mol. The zero-order chi connectivity index (χ0) is 20.9. The van der Waals surface area contributed by atoms with Crippen LogP contribution >= 0.6 is 11.6 Å². The van der Waals surface area contributed by atoms with Crippen LogP contribution in [0.3, 0.4) is 0 Å². The number of halogens is 1. The van der Waals surface area contributed by atoms with E-state index in [1.807, 2.05) is 42.5 Å². The molecule has 30 heavy (non-hydrogen) atoms. The molecule has 0 fully saturated rings. The van der Waals surface area contributed by atoms with Crippen LogP contribution in [0.4, 0.5) is 5.69 Å². The zero-order valence-corrected chi connectivity index (χ0v) is 17.0. The highest BCUT2D eigenvalue weighted by atomic mass is 35.5. The number of amides is 1. The van der Waals surface area contributed by atoms with E-state index < -0.39 is 0 Å². The fourth-order valence-electron chi connectivity index (χ4n) is 2.90. The molecule has 8 heteroatoms. The van der Waals surface area contributed by atoms with Gasteiger partial charge in [-0.15, -0.1) is 5.10 Å². The van der Waals surface area contributed by atoms with Crippen molar-refractivity contribution in [2.24, 2.45) is 0 Å². The topological polar surface area (TPSA) is 82.2 Å². The summed E-state index contributed by atoms with van der Waals surface area (Å²) < 4.78 is 12.5. The number of aromatic nitrogens is 3. The molecular weight excluding hydrogens is 404 g/mol. The molecule has 0 saturated heterocycles. The Labute approximate surface area is 178 Å². The maximum absolute atomic E-state index is 12.6. The summed E-state index contributed by atoms with van der Waals surface area (Å²) in [6.07, 6.45) is 1.61. The molecule has 0 aliphatic heterocycles. The number of aryl methyl sites for hydroxylation is 1. The van der Waals surface area contributed by atoms with Gasteiger partial charge in [0, 0.05) is 10.7 Å². The Kier molecular flexibility index (Phi) is 5.92. The van der Waals surface area contributed by atoms with Gasteiger partial charge in [-0.2, -0.15) is 0 Å². The number of nitrogens with zero attached hydrogens (tertiary/aromatic N) is 3. The van der Waals surface area contributed by atoms with E-state index in [1.165, 1.54) is 0 Å². The Bertz CT molecular complexity index is 1140. The largest absolute Gasteiger partial charge is 0.467 e. The summed E-state index contributed by atoms with van der Waals surface area (Å²) in [5.74, 6) is 1.06. The van der Waals surface area contributed by atoms with Gasteiger partial charge in [-0.1, -0.05) is 23.7 Å². The molecule has 0 radical (unpaired) electrons. The van der Waals surface area contributed by atoms with Crippen molar-refractivity contribution in [2.75, 3.05) is 5.32 Å². The molecule has 4 aromatic rings. The van der Waals surface area contributed by atoms with Crippen molar-refractivity contribution in [3.63, 3.8) is 0 Å². The average Bonchev–Trinajstić information content (AvgIpc) is 3.39. The molecule has 4 rings (SSSR count). The molecular formula is C22H19ClN4O3. The van der Waals surface area contributed by atoms with Crippen molar-refractivity contribution in [1.82, 2.24) is 14.8 Å². The van der Waals surface area contributed by atoms with Crippen LogP contribution in [0.1, 0.15) is 27.8 Å². The highest BCUT2D eigenvalue weighted by Gasteiger charge is 2.15. The minimum Gasteiger partial charge on any atom is -0.467 e. The molecule has 152 valence electrons. The minimum atomic E-state index is -0.389. The van der Waals surface area contributed by atoms with Crippen molar-refractivity contribution in [3.05, 3.63) is 94.9 Å². The van der Waals surface area contributed by atoms with E-state index >= 15 is 0 Å². The molecule has 0 unspecified atom stereocenters. The van der Waals surface area contributed by atoms with Crippen molar-refractivity contribution >= 4 is 23.2 Å². The van der Waals surface area contributed by atoms with Gasteiger partial charge in [-0.05, 0) is 61.0 Å². The van der Waals surface area contributed by atoms with E-state index in [-0.39, 0.29) is 11.7 Å². The molecule has 1 amide bonds. The van der Waals surface area contributed by atoms with Crippen molar-refractivity contribution in [2.45, 2.75) is 20.1 Å². The first kappa shape index (κ1) is 19.9. The van der Waals surface area contributed by atoms with Crippen molar-refractivity contribution < 1.29 is 13.9 Å². The third-order valence-corrected chi connectivity index (χ3v) is 4.57. The Hall–Kier alpha value is -3.42. The summed E-state index contributed by atoms with van der Waals surface area (Å²) in [7, 11) is 0. The Morgan fingerprint density at radius 1 is 1.13 bits per heavy atom. The van der Waals surface area contributed by atoms with Gasteiger partial charge in [0.05, 0.1) is 18.6 Å². The number of carbonyl (C=O) groups excluding carboxylic acids is 1. The second-order valence-electron chi connectivity index (χ2n) is 6.60. The number of ether oxygens (including phenoxy) is 1. The van der Waals surface area contributed by atoms with Gasteiger partial charge >= 0.3 is 0 Å². The SMILES string of the molecule is Cc1nc(C(=O)Nc2cccc(COCc3ccco3)c2)nn1-c1ccc(Cl)cc1. The lowest BCUT2D eigenvalue weighted by molar-refractivity contribution is 0.0929. The van der Waals surface area contributed by atoms with E-state index in [9.17, 15) is 4.79 Å². The third-order valence-electron chi connectivity index (χ3n) is 4.32. The van der Waals surface area contributed by atoms with E-state index in [2.05, 4.69) is 15.4 Å². The van der Waals surface area contributed by atoms with Gasteiger partial charge in [0.25, 0.3) is 5.91 Å². The standard InChI is InChI=1S/C22H19ClN4O3/c1-15-24-21(26-27(15)19-9-7-17(23)8-10-19)22(28)25-18-5-2-4-16(12-18)13-29-14-20-6-3-11-30-20/h2-12H,13-14H2,1H3,(H,25,28). The normalized spacial score (nSPS) is 10.9. The summed E-state index contributed by atoms with van der Waals surface area (Å²) in [6, 6.07) is 18.3. The Balaban J connectivity index is 1.41. The van der Waals surface area contributed by atoms with E-state index in [1.54, 1.807) is 36.1 Å². The Morgan fingerprint density at radius 3 is 2.73 bits per heavy atom. The first-order valence-electron chi connectivity index (χ1n) is 9.28.